The summed E-state index contributed by atoms with van der Waals surface area (Å²) in [5.41, 5.74) is 3.00. The monoisotopic (exact) mass is 275 g/mol. The minimum atomic E-state index is -0.631. The van der Waals surface area contributed by atoms with Crippen LogP contribution >= 0.6 is 0 Å². The summed E-state index contributed by atoms with van der Waals surface area (Å²) in [4.78, 5) is 13.9. The minimum Gasteiger partial charge on any atom is -0.481 e. The predicted octanol–water partition coefficient (Wildman–Crippen LogP) is 3.77. The number of hydrogen-bond acceptors (Lipinski definition) is 2. The minimum absolute atomic E-state index is 0.565. The Morgan fingerprint density at radius 1 is 1.15 bits per heavy atom. The van der Waals surface area contributed by atoms with Gasteiger partial charge in [-0.15, -0.1) is 0 Å². The van der Waals surface area contributed by atoms with E-state index in [1.54, 1.807) is 0 Å². The van der Waals surface area contributed by atoms with Crippen LogP contribution in [0.2, 0.25) is 0 Å². The molecule has 0 atom stereocenters. The fraction of sp³-hybridized carbons (Fsp3) is 0.588. The predicted molar refractivity (Wildman–Crippen MR) is 82.3 cm³/mol. The Morgan fingerprint density at radius 2 is 1.70 bits per heavy atom. The van der Waals surface area contributed by atoms with Gasteiger partial charge in [-0.05, 0) is 49.9 Å². The molecule has 0 aliphatic heterocycles. The fourth-order valence-corrected chi connectivity index (χ4v) is 3.38. The van der Waals surface area contributed by atoms with Gasteiger partial charge in [0.25, 0.3) is 0 Å². The van der Waals surface area contributed by atoms with Gasteiger partial charge < -0.3 is 10.0 Å². The van der Waals surface area contributed by atoms with Crippen LogP contribution in [0.15, 0.2) is 18.2 Å². The molecular weight excluding hydrogens is 250 g/mol. The highest BCUT2D eigenvalue weighted by molar-refractivity contribution is 5.76. The average Bonchev–Trinajstić information content (AvgIpc) is 2.38. The molecule has 3 heteroatoms. The molecule has 0 heterocycles. The SMILES string of the molecule is Cc1cc(C)cc(N(C)CC2(C(=O)O)CCCCC2)c1. The molecule has 0 spiro atoms. The van der Waals surface area contributed by atoms with Crippen molar-refractivity contribution < 1.29 is 9.90 Å². The Hall–Kier alpha value is -1.51. The van der Waals surface area contributed by atoms with E-state index in [-0.39, 0.29) is 0 Å². The van der Waals surface area contributed by atoms with Crippen molar-refractivity contribution in [2.24, 2.45) is 5.41 Å². The molecule has 1 saturated carbocycles. The van der Waals surface area contributed by atoms with Crippen molar-refractivity contribution in [3.8, 4) is 0 Å². The van der Waals surface area contributed by atoms with Gasteiger partial charge in [-0.25, -0.2) is 0 Å². The standard InChI is InChI=1S/C17H25NO2/c1-13-9-14(2)11-15(10-13)18(3)12-17(16(19)20)7-5-4-6-8-17/h9-11H,4-8,12H2,1-3H3,(H,19,20). The second-order valence-corrected chi connectivity index (χ2v) is 6.35. The average molecular weight is 275 g/mol. The summed E-state index contributed by atoms with van der Waals surface area (Å²) >= 11 is 0. The molecule has 0 aromatic heterocycles. The zero-order chi connectivity index (χ0) is 14.8. The molecule has 0 amide bonds. The number of rotatable bonds is 4. The summed E-state index contributed by atoms with van der Waals surface area (Å²) < 4.78 is 0. The van der Waals surface area contributed by atoms with Gasteiger partial charge in [0.05, 0.1) is 5.41 Å². The van der Waals surface area contributed by atoms with Crippen LogP contribution in [0.25, 0.3) is 0 Å². The molecule has 0 radical (unpaired) electrons. The summed E-state index contributed by atoms with van der Waals surface area (Å²) in [7, 11) is 2.01. The van der Waals surface area contributed by atoms with E-state index in [1.165, 1.54) is 17.5 Å². The molecule has 20 heavy (non-hydrogen) atoms. The van der Waals surface area contributed by atoms with Gasteiger partial charge in [0.1, 0.15) is 0 Å². The van der Waals surface area contributed by atoms with E-state index in [1.807, 2.05) is 7.05 Å². The number of carboxylic acid groups (broad SMARTS) is 1. The quantitative estimate of drug-likeness (QED) is 0.909. The van der Waals surface area contributed by atoms with Crippen LogP contribution in [0, 0.1) is 19.3 Å². The van der Waals surface area contributed by atoms with Crippen LogP contribution in [0.1, 0.15) is 43.2 Å². The fourth-order valence-electron chi connectivity index (χ4n) is 3.38. The number of carboxylic acids is 1. The van der Waals surface area contributed by atoms with Crippen molar-refractivity contribution >= 4 is 11.7 Å². The van der Waals surface area contributed by atoms with Crippen LogP contribution in [0.5, 0.6) is 0 Å². The van der Waals surface area contributed by atoms with E-state index >= 15 is 0 Å². The number of hydrogen-bond donors (Lipinski definition) is 1. The van der Waals surface area contributed by atoms with Gasteiger partial charge in [0.15, 0.2) is 0 Å². The van der Waals surface area contributed by atoms with Crippen molar-refractivity contribution in [1.29, 1.82) is 0 Å². The molecule has 3 nitrogen and oxygen atoms in total. The zero-order valence-corrected chi connectivity index (χ0v) is 12.8. The topological polar surface area (TPSA) is 40.5 Å². The maximum Gasteiger partial charge on any atom is 0.311 e. The molecule has 1 aliphatic rings. The molecule has 1 aromatic carbocycles. The van der Waals surface area contributed by atoms with E-state index in [0.29, 0.717) is 6.54 Å². The lowest BCUT2D eigenvalue weighted by Crippen LogP contribution is -2.43. The lowest BCUT2D eigenvalue weighted by molar-refractivity contribution is -0.150. The normalized spacial score (nSPS) is 17.8. The Labute approximate surface area is 121 Å². The second kappa shape index (κ2) is 5.86. The third-order valence-corrected chi connectivity index (χ3v) is 4.45. The number of aryl methyl sites for hydroxylation is 2. The molecule has 0 bridgehead atoms. The Morgan fingerprint density at radius 3 is 2.20 bits per heavy atom. The van der Waals surface area contributed by atoms with E-state index in [9.17, 15) is 9.90 Å². The Kier molecular flexibility index (Phi) is 4.36. The number of anilines is 1. The largest absolute Gasteiger partial charge is 0.481 e. The van der Waals surface area contributed by atoms with Crippen LogP contribution in [0.4, 0.5) is 5.69 Å². The van der Waals surface area contributed by atoms with E-state index in [0.717, 1.165) is 31.4 Å². The van der Waals surface area contributed by atoms with Crippen molar-refractivity contribution in [3.63, 3.8) is 0 Å². The number of aliphatic carboxylic acids is 1. The number of benzene rings is 1. The number of carbonyl (C=O) groups is 1. The smallest absolute Gasteiger partial charge is 0.311 e. The summed E-state index contributed by atoms with van der Waals surface area (Å²) in [6.45, 7) is 4.76. The van der Waals surface area contributed by atoms with Crippen molar-refractivity contribution in [2.45, 2.75) is 46.0 Å². The third-order valence-electron chi connectivity index (χ3n) is 4.45. The summed E-state index contributed by atoms with van der Waals surface area (Å²) in [6, 6.07) is 6.40. The van der Waals surface area contributed by atoms with Gasteiger partial charge >= 0.3 is 5.97 Å². The van der Waals surface area contributed by atoms with Gasteiger partial charge in [0, 0.05) is 19.3 Å². The molecule has 1 aliphatic carbocycles. The van der Waals surface area contributed by atoms with Crippen LogP contribution in [0.3, 0.4) is 0 Å². The summed E-state index contributed by atoms with van der Waals surface area (Å²) in [6.07, 6.45) is 4.84. The molecule has 110 valence electrons. The van der Waals surface area contributed by atoms with E-state index in [2.05, 4.69) is 36.9 Å². The summed E-state index contributed by atoms with van der Waals surface area (Å²) in [5, 5.41) is 9.67. The highest BCUT2D eigenvalue weighted by atomic mass is 16.4. The van der Waals surface area contributed by atoms with Crippen LogP contribution in [-0.2, 0) is 4.79 Å². The first-order valence-corrected chi connectivity index (χ1v) is 7.46. The summed E-state index contributed by atoms with van der Waals surface area (Å²) in [5.74, 6) is -0.631. The number of nitrogens with zero attached hydrogens (tertiary/aromatic N) is 1. The van der Waals surface area contributed by atoms with Gasteiger partial charge in [-0.1, -0.05) is 25.3 Å². The van der Waals surface area contributed by atoms with E-state index in [4.69, 9.17) is 0 Å². The first-order valence-electron chi connectivity index (χ1n) is 7.46. The first-order chi connectivity index (χ1) is 9.43. The molecule has 1 aromatic rings. The van der Waals surface area contributed by atoms with Crippen molar-refractivity contribution in [2.75, 3.05) is 18.5 Å². The van der Waals surface area contributed by atoms with Crippen LogP contribution < -0.4 is 4.90 Å². The molecular formula is C17H25NO2. The highest BCUT2D eigenvalue weighted by Gasteiger charge is 2.40. The lowest BCUT2D eigenvalue weighted by atomic mass is 9.73. The molecule has 2 rings (SSSR count). The van der Waals surface area contributed by atoms with Crippen molar-refractivity contribution in [3.05, 3.63) is 29.3 Å². The molecule has 0 unspecified atom stereocenters. The maximum atomic E-state index is 11.8. The zero-order valence-electron chi connectivity index (χ0n) is 12.8. The molecule has 0 saturated heterocycles. The van der Waals surface area contributed by atoms with Crippen LogP contribution in [-0.4, -0.2) is 24.7 Å². The highest BCUT2D eigenvalue weighted by Crippen LogP contribution is 2.38. The van der Waals surface area contributed by atoms with Gasteiger partial charge in [-0.2, -0.15) is 0 Å². The second-order valence-electron chi connectivity index (χ2n) is 6.35. The molecule has 1 fully saturated rings. The Balaban J connectivity index is 2.19. The first kappa shape index (κ1) is 14.9. The Bertz CT molecular complexity index is 470. The third kappa shape index (κ3) is 3.14. The van der Waals surface area contributed by atoms with Gasteiger partial charge in [0.2, 0.25) is 0 Å². The van der Waals surface area contributed by atoms with Gasteiger partial charge in [-0.3, -0.25) is 4.79 Å². The maximum absolute atomic E-state index is 11.8. The van der Waals surface area contributed by atoms with Crippen molar-refractivity contribution in [1.82, 2.24) is 0 Å². The molecule has 1 N–H and O–H groups in total. The van der Waals surface area contributed by atoms with E-state index < -0.39 is 11.4 Å². The lowest BCUT2D eigenvalue weighted by Gasteiger charge is -2.37.